The zero-order valence-corrected chi connectivity index (χ0v) is 15.7. The van der Waals surface area contributed by atoms with Crippen LogP contribution >= 0.6 is 0 Å². The van der Waals surface area contributed by atoms with E-state index in [9.17, 15) is 13.2 Å². The molecule has 3 rings (SSSR count). The number of benzene rings is 1. The van der Waals surface area contributed by atoms with E-state index in [1.807, 2.05) is 13.0 Å². The molecule has 2 saturated carbocycles. The standard InChI is InChI=1S/C19H24N2O4S/c1-2-25-17-10-16(19(17)8-3-9-19)21-18(22)13-26(23,24)12-15-6-4-14(11-20)5-7-15/h4-7,16-17H,2-3,8-10,12-13H2,1H3,(H,21,22)/t16-,17+/m1/s1. The Morgan fingerprint density at radius 2 is 2.04 bits per heavy atom. The van der Waals surface area contributed by atoms with E-state index in [0.717, 1.165) is 25.7 Å². The van der Waals surface area contributed by atoms with E-state index in [2.05, 4.69) is 5.32 Å². The second-order valence-corrected chi connectivity index (χ2v) is 9.29. The van der Waals surface area contributed by atoms with Gasteiger partial charge in [0.15, 0.2) is 9.84 Å². The van der Waals surface area contributed by atoms with Crippen molar-refractivity contribution in [2.75, 3.05) is 12.4 Å². The Morgan fingerprint density at radius 3 is 2.58 bits per heavy atom. The summed E-state index contributed by atoms with van der Waals surface area (Å²) in [5.74, 6) is -1.16. The number of carbonyl (C=O) groups is 1. The third-order valence-corrected chi connectivity index (χ3v) is 7.07. The number of nitrogens with zero attached hydrogens (tertiary/aromatic N) is 1. The van der Waals surface area contributed by atoms with Crippen LogP contribution in [-0.4, -0.2) is 38.8 Å². The van der Waals surface area contributed by atoms with Gasteiger partial charge in [0.05, 0.1) is 23.5 Å². The maximum absolute atomic E-state index is 12.3. The molecule has 7 heteroatoms. The van der Waals surface area contributed by atoms with Crippen molar-refractivity contribution in [1.82, 2.24) is 5.32 Å². The van der Waals surface area contributed by atoms with Gasteiger partial charge in [-0.05, 0) is 43.9 Å². The smallest absolute Gasteiger partial charge is 0.235 e. The topological polar surface area (TPSA) is 96.3 Å². The number of carbonyl (C=O) groups excluding carboxylic acids is 1. The molecule has 140 valence electrons. The van der Waals surface area contributed by atoms with Crippen LogP contribution in [0.2, 0.25) is 0 Å². The lowest BCUT2D eigenvalue weighted by atomic mass is 9.51. The van der Waals surface area contributed by atoms with Crippen molar-refractivity contribution in [3.8, 4) is 6.07 Å². The van der Waals surface area contributed by atoms with Crippen LogP contribution in [0.1, 0.15) is 43.7 Å². The molecule has 0 aliphatic heterocycles. The van der Waals surface area contributed by atoms with Crippen LogP contribution < -0.4 is 5.32 Å². The Hall–Kier alpha value is -1.91. The summed E-state index contributed by atoms with van der Waals surface area (Å²) in [6.07, 6.45) is 4.13. The van der Waals surface area contributed by atoms with Gasteiger partial charge in [-0.3, -0.25) is 4.79 Å². The highest BCUT2D eigenvalue weighted by molar-refractivity contribution is 7.91. The molecule has 2 fully saturated rings. The largest absolute Gasteiger partial charge is 0.378 e. The third-order valence-electron chi connectivity index (χ3n) is 5.59. The van der Waals surface area contributed by atoms with Crippen molar-refractivity contribution in [3.63, 3.8) is 0 Å². The molecule has 6 nitrogen and oxygen atoms in total. The lowest BCUT2D eigenvalue weighted by molar-refractivity contribution is -0.175. The van der Waals surface area contributed by atoms with Gasteiger partial charge < -0.3 is 10.1 Å². The van der Waals surface area contributed by atoms with Crippen LogP contribution in [0, 0.1) is 16.7 Å². The van der Waals surface area contributed by atoms with E-state index in [4.69, 9.17) is 10.00 Å². The van der Waals surface area contributed by atoms with E-state index in [1.165, 1.54) is 0 Å². The molecule has 0 bridgehead atoms. The fraction of sp³-hybridized carbons (Fsp3) is 0.579. The first-order valence-corrected chi connectivity index (χ1v) is 10.8. The maximum Gasteiger partial charge on any atom is 0.235 e. The Balaban J connectivity index is 1.55. The van der Waals surface area contributed by atoms with Crippen LogP contribution in [0.4, 0.5) is 0 Å². The number of nitriles is 1. The molecule has 0 heterocycles. The SMILES string of the molecule is CCO[C@H]1C[C@@H](NC(=O)CS(=O)(=O)Cc2ccc(C#N)cc2)C12CCC2. The van der Waals surface area contributed by atoms with Crippen molar-refractivity contribution < 1.29 is 17.9 Å². The average Bonchev–Trinajstić information content (AvgIpc) is 2.52. The molecule has 0 unspecified atom stereocenters. The minimum absolute atomic E-state index is 0.0164. The Bertz CT molecular complexity index is 807. The number of nitrogens with one attached hydrogen (secondary N) is 1. The second kappa shape index (κ2) is 7.37. The van der Waals surface area contributed by atoms with Crippen molar-refractivity contribution in [3.05, 3.63) is 35.4 Å². The summed E-state index contributed by atoms with van der Waals surface area (Å²) in [6, 6.07) is 8.38. The predicted octanol–water partition coefficient (Wildman–Crippen LogP) is 1.94. The quantitative estimate of drug-likeness (QED) is 0.784. The van der Waals surface area contributed by atoms with Crippen LogP contribution in [0.5, 0.6) is 0 Å². The fourth-order valence-electron chi connectivity index (χ4n) is 4.06. The highest BCUT2D eigenvalue weighted by Gasteiger charge is 2.59. The van der Waals surface area contributed by atoms with Gasteiger partial charge in [-0.25, -0.2) is 8.42 Å². The van der Waals surface area contributed by atoms with Gasteiger partial charge >= 0.3 is 0 Å². The highest BCUT2D eigenvalue weighted by atomic mass is 32.2. The predicted molar refractivity (Wildman–Crippen MR) is 96.9 cm³/mol. The Morgan fingerprint density at radius 1 is 1.35 bits per heavy atom. The van der Waals surface area contributed by atoms with E-state index < -0.39 is 21.5 Å². The number of hydrogen-bond acceptors (Lipinski definition) is 5. The average molecular weight is 376 g/mol. The number of amides is 1. The minimum atomic E-state index is -3.56. The number of sulfone groups is 1. The van der Waals surface area contributed by atoms with Gasteiger partial charge in [0.1, 0.15) is 5.75 Å². The van der Waals surface area contributed by atoms with Gasteiger partial charge in [0.25, 0.3) is 0 Å². The normalized spacial score (nSPS) is 23.5. The second-order valence-electron chi connectivity index (χ2n) is 7.23. The number of hydrogen-bond donors (Lipinski definition) is 1. The summed E-state index contributed by atoms with van der Waals surface area (Å²) in [6.45, 7) is 2.63. The molecule has 2 aliphatic rings. The first-order chi connectivity index (χ1) is 12.4. The first kappa shape index (κ1) is 18.9. The van der Waals surface area contributed by atoms with Crippen LogP contribution in [0.3, 0.4) is 0 Å². The molecule has 1 aromatic carbocycles. The first-order valence-electron chi connectivity index (χ1n) is 8.99. The molecule has 2 aliphatic carbocycles. The molecule has 2 atom stereocenters. The Kier molecular flexibility index (Phi) is 5.35. The van der Waals surface area contributed by atoms with E-state index in [1.54, 1.807) is 24.3 Å². The summed E-state index contributed by atoms with van der Waals surface area (Å²) in [7, 11) is -3.56. The number of ether oxygens (including phenoxy) is 1. The van der Waals surface area contributed by atoms with E-state index in [0.29, 0.717) is 17.7 Å². The van der Waals surface area contributed by atoms with E-state index >= 15 is 0 Å². The van der Waals surface area contributed by atoms with E-state index in [-0.39, 0.29) is 23.3 Å². The molecular weight excluding hydrogens is 352 g/mol. The van der Waals surface area contributed by atoms with Crippen molar-refractivity contribution >= 4 is 15.7 Å². The van der Waals surface area contributed by atoms with Crippen LogP contribution in [0.25, 0.3) is 0 Å². The zero-order chi connectivity index (χ0) is 18.8. The molecule has 1 amide bonds. The zero-order valence-electron chi connectivity index (χ0n) is 14.9. The summed E-state index contributed by atoms with van der Waals surface area (Å²) < 4.78 is 30.4. The van der Waals surface area contributed by atoms with Crippen LogP contribution in [-0.2, 0) is 25.1 Å². The van der Waals surface area contributed by atoms with Crippen molar-refractivity contribution in [1.29, 1.82) is 5.26 Å². The molecular formula is C19H24N2O4S. The third kappa shape index (κ3) is 3.76. The minimum Gasteiger partial charge on any atom is -0.378 e. The summed E-state index contributed by atoms with van der Waals surface area (Å²) in [4.78, 5) is 12.3. The summed E-state index contributed by atoms with van der Waals surface area (Å²) in [5.41, 5.74) is 1.07. The molecule has 1 spiro atoms. The highest BCUT2D eigenvalue weighted by Crippen LogP contribution is 2.57. The maximum atomic E-state index is 12.3. The summed E-state index contributed by atoms with van der Waals surface area (Å²) >= 11 is 0. The summed E-state index contributed by atoms with van der Waals surface area (Å²) in [5, 5.41) is 11.7. The lowest BCUT2D eigenvalue weighted by Gasteiger charge is -2.61. The van der Waals surface area contributed by atoms with Crippen LogP contribution in [0.15, 0.2) is 24.3 Å². The molecule has 26 heavy (non-hydrogen) atoms. The lowest BCUT2D eigenvalue weighted by Crippen LogP contribution is -2.68. The molecule has 1 N–H and O–H groups in total. The number of rotatable bonds is 7. The van der Waals surface area contributed by atoms with Crippen molar-refractivity contribution in [2.24, 2.45) is 5.41 Å². The Labute approximate surface area is 154 Å². The molecule has 0 saturated heterocycles. The molecule has 0 aromatic heterocycles. The van der Waals surface area contributed by atoms with Gasteiger partial charge in [-0.15, -0.1) is 0 Å². The van der Waals surface area contributed by atoms with Gasteiger partial charge in [-0.1, -0.05) is 18.6 Å². The fourth-order valence-corrected chi connectivity index (χ4v) is 5.34. The van der Waals surface area contributed by atoms with Gasteiger partial charge in [-0.2, -0.15) is 5.26 Å². The monoisotopic (exact) mass is 376 g/mol. The van der Waals surface area contributed by atoms with Gasteiger partial charge in [0.2, 0.25) is 5.91 Å². The molecule has 0 radical (unpaired) electrons. The molecule has 1 aromatic rings. The van der Waals surface area contributed by atoms with Crippen molar-refractivity contribution in [2.45, 2.75) is 50.5 Å². The van der Waals surface area contributed by atoms with Gasteiger partial charge in [0, 0.05) is 18.1 Å².